The van der Waals surface area contributed by atoms with E-state index < -0.39 is 0 Å². The van der Waals surface area contributed by atoms with Gasteiger partial charge in [0.1, 0.15) is 0 Å². The number of likely N-dealkylation sites (N-methyl/N-ethyl adjacent to an activating group) is 1. The molecule has 0 bridgehead atoms. The van der Waals surface area contributed by atoms with Crippen LogP contribution in [0.25, 0.3) is 11.1 Å². The maximum absolute atomic E-state index is 5.16. The van der Waals surface area contributed by atoms with Crippen molar-refractivity contribution in [2.45, 2.75) is 135 Å². The zero-order valence-electron chi connectivity index (χ0n) is 32.5. The zero-order valence-corrected chi connectivity index (χ0v) is 32.5. The summed E-state index contributed by atoms with van der Waals surface area (Å²) in [5.41, 5.74) is 11.6. The third-order valence-electron chi connectivity index (χ3n) is 14.4. The second kappa shape index (κ2) is 16.0. The highest BCUT2D eigenvalue weighted by atomic mass is 15.2. The van der Waals surface area contributed by atoms with Gasteiger partial charge in [-0.05, 0) is 154 Å². The van der Waals surface area contributed by atoms with Crippen LogP contribution in [-0.4, -0.2) is 34.0 Å². The number of likely N-dealkylation sites (tertiary alicyclic amines) is 1. The second-order valence-corrected chi connectivity index (χ2v) is 17.6. The van der Waals surface area contributed by atoms with Crippen LogP contribution in [0.3, 0.4) is 0 Å². The molecule has 274 valence electrons. The first kappa shape index (κ1) is 35.7. The van der Waals surface area contributed by atoms with Gasteiger partial charge in [-0.1, -0.05) is 99.8 Å². The molecule has 0 radical (unpaired) electrons. The van der Waals surface area contributed by atoms with Crippen LogP contribution in [0.5, 0.6) is 0 Å². The number of aromatic nitrogens is 2. The van der Waals surface area contributed by atoms with Crippen LogP contribution in [0.2, 0.25) is 0 Å². The second-order valence-electron chi connectivity index (χ2n) is 17.6. The highest BCUT2D eigenvalue weighted by molar-refractivity contribution is 5.70. The van der Waals surface area contributed by atoms with Crippen LogP contribution >= 0.6 is 0 Å². The molecule has 3 nitrogen and oxygen atoms in total. The Morgan fingerprint density at radius 2 is 1.58 bits per heavy atom. The molecule has 2 fully saturated rings. The minimum absolute atomic E-state index is 0.289. The molecule has 52 heavy (non-hydrogen) atoms. The summed E-state index contributed by atoms with van der Waals surface area (Å²) >= 11 is 0. The summed E-state index contributed by atoms with van der Waals surface area (Å²) in [5, 5.41) is 0. The predicted octanol–water partition coefficient (Wildman–Crippen LogP) is 12.4. The van der Waals surface area contributed by atoms with Gasteiger partial charge in [-0.25, -0.2) is 0 Å². The van der Waals surface area contributed by atoms with Crippen LogP contribution in [0, 0.1) is 29.6 Å². The Morgan fingerprint density at radius 3 is 2.37 bits per heavy atom. The van der Waals surface area contributed by atoms with E-state index in [0.717, 1.165) is 43.9 Å². The summed E-state index contributed by atoms with van der Waals surface area (Å²) in [6.07, 6.45) is 40.9. The Kier molecular flexibility index (Phi) is 11.0. The molecular weight excluding hydrogens is 631 g/mol. The molecule has 8 rings (SSSR count). The Morgan fingerprint density at radius 1 is 0.769 bits per heavy atom. The third-order valence-corrected chi connectivity index (χ3v) is 14.4. The van der Waals surface area contributed by atoms with Crippen molar-refractivity contribution in [1.82, 2.24) is 14.9 Å². The molecule has 2 aromatic heterocycles. The molecule has 2 aromatic rings. The monoisotopic (exact) mass is 694 g/mol. The first-order valence-electron chi connectivity index (χ1n) is 21.2. The molecule has 5 aliphatic carbocycles. The van der Waals surface area contributed by atoms with Crippen LogP contribution < -0.4 is 0 Å². The van der Waals surface area contributed by atoms with Crippen molar-refractivity contribution in [2.24, 2.45) is 29.6 Å². The molecule has 1 saturated carbocycles. The Hall–Kier alpha value is -3.30. The van der Waals surface area contributed by atoms with Crippen molar-refractivity contribution >= 4 is 11.1 Å². The number of allylic oxidation sites excluding steroid dienone is 11. The summed E-state index contributed by atoms with van der Waals surface area (Å²) in [4.78, 5) is 13.2. The van der Waals surface area contributed by atoms with Crippen LogP contribution in [-0.2, 0) is 0 Å². The summed E-state index contributed by atoms with van der Waals surface area (Å²) in [7, 11) is 2.51. The molecule has 0 aromatic carbocycles. The maximum atomic E-state index is 5.16. The molecule has 0 N–H and O–H groups in total. The maximum Gasteiger partial charge on any atom is 0.0478 e. The van der Waals surface area contributed by atoms with Crippen molar-refractivity contribution in [3.63, 3.8) is 0 Å². The smallest absolute Gasteiger partial charge is 0.0478 e. The number of pyridine rings is 2. The van der Waals surface area contributed by atoms with Gasteiger partial charge in [0.15, 0.2) is 0 Å². The Labute approximate surface area is 315 Å². The van der Waals surface area contributed by atoms with Gasteiger partial charge in [0, 0.05) is 47.7 Å². The van der Waals surface area contributed by atoms with Crippen molar-refractivity contribution < 1.29 is 0 Å². The van der Waals surface area contributed by atoms with E-state index in [1.807, 2.05) is 0 Å². The number of hydrogen-bond donors (Lipinski definition) is 0. The summed E-state index contributed by atoms with van der Waals surface area (Å²) in [6.45, 7) is 7.58. The minimum Gasteiger partial charge on any atom is -0.296 e. The van der Waals surface area contributed by atoms with Crippen molar-refractivity contribution in [1.29, 1.82) is 0 Å². The average Bonchev–Trinajstić information content (AvgIpc) is 3.19. The molecule has 1 saturated heterocycles. The van der Waals surface area contributed by atoms with E-state index in [4.69, 9.17) is 9.97 Å². The van der Waals surface area contributed by atoms with Crippen molar-refractivity contribution in [2.75, 3.05) is 7.05 Å². The molecule has 0 amide bonds. The number of hydrogen-bond acceptors (Lipinski definition) is 3. The lowest BCUT2D eigenvalue weighted by Gasteiger charge is -2.54. The van der Waals surface area contributed by atoms with Crippen molar-refractivity contribution in [3.8, 4) is 0 Å². The van der Waals surface area contributed by atoms with E-state index >= 15 is 0 Å². The lowest BCUT2D eigenvalue weighted by Crippen LogP contribution is -2.57. The molecule has 1 aliphatic heterocycles. The topological polar surface area (TPSA) is 29.0 Å². The number of piperidine rings is 1. The first-order valence-corrected chi connectivity index (χ1v) is 21.2. The van der Waals surface area contributed by atoms with E-state index in [-0.39, 0.29) is 5.92 Å². The number of rotatable bonds is 7. The summed E-state index contributed by atoms with van der Waals surface area (Å²) in [6, 6.07) is 10.5. The van der Waals surface area contributed by atoms with Gasteiger partial charge in [-0.15, -0.1) is 0 Å². The van der Waals surface area contributed by atoms with E-state index in [0.29, 0.717) is 35.8 Å². The molecule has 3 heterocycles. The molecule has 9 atom stereocenters. The third kappa shape index (κ3) is 7.41. The van der Waals surface area contributed by atoms with Gasteiger partial charge < -0.3 is 0 Å². The molecular formula is C49H63N3. The van der Waals surface area contributed by atoms with Gasteiger partial charge in [-0.3, -0.25) is 14.9 Å². The lowest BCUT2D eigenvalue weighted by atomic mass is 9.62. The molecule has 9 unspecified atom stereocenters. The van der Waals surface area contributed by atoms with E-state index in [2.05, 4.69) is 118 Å². The van der Waals surface area contributed by atoms with Crippen LogP contribution in [0.15, 0.2) is 96.4 Å². The summed E-state index contributed by atoms with van der Waals surface area (Å²) in [5.74, 6) is 4.00. The Balaban J connectivity index is 1.19. The molecule has 0 spiro atoms. The van der Waals surface area contributed by atoms with E-state index in [9.17, 15) is 0 Å². The fourth-order valence-electron chi connectivity index (χ4n) is 11.5. The normalized spacial score (nSPS) is 34.3. The van der Waals surface area contributed by atoms with Gasteiger partial charge in [0.05, 0.1) is 0 Å². The van der Waals surface area contributed by atoms with Gasteiger partial charge >= 0.3 is 0 Å². The van der Waals surface area contributed by atoms with E-state index in [1.54, 1.807) is 11.1 Å². The standard InChI is InChI=1S/C49H63N3/c1-33-15-11-13-21-43(33)39-24-26-51-47(31-39)42-28-40(27-41(29-42)46-30-38(23-25-50-46)36-17-7-5-8-18-36)45-32-48(37-19-9-6-10-20-37)52(4)49(35(45)3)44-22-14-12-16-34(44)2/h5,7,11,13,17,19,21,23-26,28,30-31,33-35,41-42,44-45,48-49H,6,8-10,12,14-16,18,20,22,27,29,32H2,1-4H3. The fourth-order valence-corrected chi connectivity index (χ4v) is 11.5. The summed E-state index contributed by atoms with van der Waals surface area (Å²) < 4.78 is 0. The molecule has 6 aliphatic rings. The van der Waals surface area contributed by atoms with Gasteiger partial charge in [0.2, 0.25) is 0 Å². The van der Waals surface area contributed by atoms with Crippen LogP contribution in [0.1, 0.15) is 145 Å². The highest BCUT2D eigenvalue weighted by Gasteiger charge is 2.47. The first-order chi connectivity index (χ1) is 25.4. The lowest BCUT2D eigenvalue weighted by molar-refractivity contribution is -0.0104. The highest BCUT2D eigenvalue weighted by Crippen LogP contribution is 2.51. The molecule has 3 heteroatoms. The minimum atomic E-state index is 0.289. The quantitative estimate of drug-likeness (QED) is 0.270. The SMILES string of the molecule is CC1CC=CC=C1c1ccnc(C2C=C(C3CC(C4=CCCCC4)N(C)C(C4CCCCC4C)C3C)CC(c3cc(C4=CC=CCC4)ccn3)C2)c1. The number of nitrogens with zero attached hydrogens (tertiary/aromatic N) is 3. The average molecular weight is 694 g/mol. The zero-order chi connectivity index (χ0) is 35.6. The largest absolute Gasteiger partial charge is 0.296 e. The van der Waals surface area contributed by atoms with E-state index in [1.165, 1.54) is 91.4 Å². The van der Waals surface area contributed by atoms with Crippen molar-refractivity contribution in [3.05, 3.63) is 119 Å². The predicted molar refractivity (Wildman–Crippen MR) is 219 cm³/mol. The fraction of sp³-hybridized carbons (Fsp3) is 0.551. The van der Waals surface area contributed by atoms with Crippen LogP contribution in [0.4, 0.5) is 0 Å². The Bertz CT molecular complexity index is 1770. The van der Waals surface area contributed by atoms with Gasteiger partial charge in [0.25, 0.3) is 0 Å². The van der Waals surface area contributed by atoms with Gasteiger partial charge in [-0.2, -0.15) is 0 Å².